The maximum Gasteiger partial charge on any atom is 0.255 e. The Morgan fingerprint density at radius 2 is 2.05 bits per heavy atom. The first-order valence-corrected chi connectivity index (χ1v) is 7.27. The van der Waals surface area contributed by atoms with Crippen LogP contribution in [0.1, 0.15) is 16.8 Å². The van der Waals surface area contributed by atoms with Gasteiger partial charge in [-0.25, -0.2) is 4.98 Å². The average Bonchev–Trinajstić information content (AvgIpc) is 2.64. The quantitative estimate of drug-likeness (QED) is 0.811. The standard InChI is InChI=1S/C13H17BrN4O2/c14-11-3-2-10(8-16-11)13(20)18-5-1-4-17(6-7-18)9-12(15)19/h2-3,8H,1,4-7,9H2,(H2,15,19). The van der Waals surface area contributed by atoms with Gasteiger partial charge in [-0.3, -0.25) is 14.5 Å². The van der Waals surface area contributed by atoms with Crippen molar-refractivity contribution in [3.63, 3.8) is 0 Å². The Morgan fingerprint density at radius 3 is 2.70 bits per heavy atom. The van der Waals surface area contributed by atoms with Gasteiger partial charge < -0.3 is 10.6 Å². The Hall–Kier alpha value is -1.47. The van der Waals surface area contributed by atoms with Gasteiger partial charge in [0.25, 0.3) is 5.91 Å². The Bertz CT molecular complexity index is 492. The van der Waals surface area contributed by atoms with Crippen molar-refractivity contribution < 1.29 is 9.59 Å². The summed E-state index contributed by atoms with van der Waals surface area (Å²) in [4.78, 5) is 31.1. The van der Waals surface area contributed by atoms with E-state index < -0.39 is 0 Å². The fraction of sp³-hybridized carbons (Fsp3) is 0.462. The molecule has 2 N–H and O–H groups in total. The van der Waals surface area contributed by atoms with E-state index in [-0.39, 0.29) is 18.4 Å². The number of pyridine rings is 1. The number of hydrogen-bond donors (Lipinski definition) is 1. The lowest BCUT2D eigenvalue weighted by molar-refractivity contribution is -0.119. The molecule has 0 saturated carbocycles. The maximum atomic E-state index is 12.4. The van der Waals surface area contributed by atoms with Crippen LogP contribution in [0, 0.1) is 0 Å². The van der Waals surface area contributed by atoms with Gasteiger partial charge >= 0.3 is 0 Å². The number of rotatable bonds is 3. The molecule has 2 heterocycles. The molecule has 0 radical (unpaired) electrons. The van der Waals surface area contributed by atoms with Crippen LogP contribution in [0.3, 0.4) is 0 Å². The number of halogens is 1. The summed E-state index contributed by atoms with van der Waals surface area (Å²) < 4.78 is 0.706. The molecule has 6 nitrogen and oxygen atoms in total. The zero-order chi connectivity index (χ0) is 14.5. The highest BCUT2D eigenvalue weighted by molar-refractivity contribution is 9.10. The Balaban J connectivity index is 1.97. The van der Waals surface area contributed by atoms with Crippen molar-refractivity contribution in [2.45, 2.75) is 6.42 Å². The fourth-order valence-electron chi connectivity index (χ4n) is 2.24. The average molecular weight is 341 g/mol. The second-order valence-corrected chi connectivity index (χ2v) is 5.57. The largest absolute Gasteiger partial charge is 0.369 e. The second kappa shape index (κ2) is 6.81. The third kappa shape index (κ3) is 4.01. The van der Waals surface area contributed by atoms with Crippen molar-refractivity contribution in [2.75, 3.05) is 32.7 Å². The Kier molecular flexibility index (Phi) is 5.08. The molecule has 0 aromatic carbocycles. The third-order valence-corrected chi connectivity index (χ3v) is 3.70. The maximum absolute atomic E-state index is 12.4. The molecule has 1 aliphatic rings. The van der Waals surface area contributed by atoms with Crippen molar-refractivity contribution >= 4 is 27.7 Å². The lowest BCUT2D eigenvalue weighted by Crippen LogP contribution is -2.38. The van der Waals surface area contributed by atoms with E-state index in [0.717, 1.165) is 13.0 Å². The van der Waals surface area contributed by atoms with Gasteiger partial charge in [-0.15, -0.1) is 0 Å². The molecule has 0 bridgehead atoms. The number of hydrogen-bond acceptors (Lipinski definition) is 4. The monoisotopic (exact) mass is 340 g/mol. The molecule has 7 heteroatoms. The topological polar surface area (TPSA) is 79.5 Å². The van der Waals surface area contributed by atoms with Gasteiger partial charge in [0.05, 0.1) is 12.1 Å². The molecule has 20 heavy (non-hydrogen) atoms. The minimum atomic E-state index is -0.332. The van der Waals surface area contributed by atoms with Crippen LogP contribution in [0.25, 0.3) is 0 Å². The summed E-state index contributed by atoms with van der Waals surface area (Å²) in [6.07, 6.45) is 2.40. The second-order valence-electron chi connectivity index (χ2n) is 4.76. The lowest BCUT2D eigenvalue weighted by atomic mass is 10.2. The van der Waals surface area contributed by atoms with E-state index in [1.807, 2.05) is 4.90 Å². The van der Waals surface area contributed by atoms with Crippen LogP contribution < -0.4 is 5.73 Å². The van der Waals surface area contributed by atoms with E-state index in [1.54, 1.807) is 23.2 Å². The van der Waals surface area contributed by atoms with Crippen molar-refractivity contribution in [1.29, 1.82) is 0 Å². The van der Waals surface area contributed by atoms with E-state index in [2.05, 4.69) is 20.9 Å². The number of nitrogens with two attached hydrogens (primary N) is 1. The molecule has 2 amide bonds. The van der Waals surface area contributed by atoms with Crippen LogP contribution >= 0.6 is 15.9 Å². The molecule has 1 saturated heterocycles. The normalized spacial score (nSPS) is 16.8. The lowest BCUT2D eigenvalue weighted by Gasteiger charge is -2.21. The predicted octanol–water partition coefficient (Wildman–Crippen LogP) is 0.477. The number of amides is 2. The van der Waals surface area contributed by atoms with Crippen molar-refractivity contribution in [2.24, 2.45) is 5.73 Å². The van der Waals surface area contributed by atoms with Gasteiger partial charge in [0.1, 0.15) is 4.60 Å². The first kappa shape index (κ1) is 14.9. The van der Waals surface area contributed by atoms with Gasteiger partial charge in [-0.1, -0.05) is 0 Å². The fourth-order valence-corrected chi connectivity index (χ4v) is 2.47. The molecule has 2 rings (SSSR count). The molecule has 0 atom stereocenters. The van der Waals surface area contributed by atoms with E-state index in [1.165, 1.54) is 0 Å². The summed E-state index contributed by atoms with van der Waals surface area (Å²) in [5.74, 6) is -0.354. The molecule has 0 unspecified atom stereocenters. The van der Waals surface area contributed by atoms with Crippen LogP contribution in [0.15, 0.2) is 22.9 Å². The smallest absolute Gasteiger partial charge is 0.255 e. The van der Waals surface area contributed by atoms with Gasteiger partial charge in [0, 0.05) is 32.4 Å². The summed E-state index contributed by atoms with van der Waals surface area (Å²) in [6.45, 7) is 2.98. The van der Waals surface area contributed by atoms with Crippen LogP contribution in [0.2, 0.25) is 0 Å². The highest BCUT2D eigenvalue weighted by Gasteiger charge is 2.21. The van der Waals surface area contributed by atoms with E-state index in [9.17, 15) is 9.59 Å². The van der Waals surface area contributed by atoms with Gasteiger partial charge in [-0.2, -0.15) is 0 Å². The van der Waals surface area contributed by atoms with E-state index in [4.69, 9.17) is 5.73 Å². The van der Waals surface area contributed by atoms with Crippen molar-refractivity contribution in [3.05, 3.63) is 28.5 Å². The van der Waals surface area contributed by atoms with Crippen molar-refractivity contribution in [1.82, 2.24) is 14.8 Å². The molecular weight excluding hydrogens is 324 g/mol. The minimum absolute atomic E-state index is 0.0223. The zero-order valence-corrected chi connectivity index (χ0v) is 12.7. The summed E-state index contributed by atoms with van der Waals surface area (Å²) in [6, 6.07) is 3.51. The number of carbonyl (C=O) groups excluding carboxylic acids is 2. The van der Waals surface area contributed by atoms with E-state index >= 15 is 0 Å². The summed E-state index contributed by atoms with van der Waals surface area (Å²) in [5.41, 5.74) is 5.78. The zero-order valence-electron chi connectivity index (χ0n) is 11.1. The van der Waals surface area contributed by atoms with Gasteiger partial charge in [-0.05, 0) is 34.5 Å². The van der Waals surface area contributed by atoms with Gasteiger partial charge in [0.2, 0.25) is 5.91 Å². The molecule has 1 aliphatic heterocycles. The van der Waals surface area contributed by atoms with Crippen LogP contribution in [-0.4, -0.2) is 59.3 Å². The first-order chi connectivity index (χ1) is 9.56. The van der Waals surface area contributed by atoms with E-state index in [0.29, 0.717) is 29.8 Å². The third-order valence-electron chi connectivity index (χ3n) is 3.23. The molecular formula is C13H17BrN4O2. The molecule has 0 aliphatic carbocycles. The Labute approximate surface area is 126 Å². The number of primary amides is 1. The summed E-state index contributed by atoms with van der Waals surface area (Å²) in [7, 11) is 0. The molecule has 108 valence electrons. The SMILES string of the molecule is NC(=O)CN1CCCN(C(=O)c2ccc(Br)nc2)CC1. The highest BCUT2D eigenvalue weighted by atomic mass is 79.9. The highest BCUT2D eigenvalue weighted by Crippen LogP contribution is 2.11. The van der Waals surface area contributed by atoms with Crippen LogP contribution in [-0.2, 0) is 4.79 Å². The molecule has 1 fully saturated rings. The number of aromatic nitrogens is 1. The first-order valence-electron chi connectivity index (χ1n) is 6.48. The van der Waals surface area contributed by atoms with Crippen LogP contribution in [0.4, 0.5) is 0 Å². The van der Waals surface area contributed by atoms with Gasteiger partial charge in [0.15, 0.2) is 0 Å². The van der Waals surface area contributed by atoms with Crippen LogP contribution in [0.5, 0.6) is 0 Å². The molecule has 1 aromatic heterocycles. The molecule has 0 spiro atoms. The van der Waals surface area contributed by atoms with Crippen molar-refractivity contribution in [3.8, 4) is 0 Å². The predicted molar refractivity (Wildman–Crippen MR) is 78.1 cm³/mol. The Morgan fingerprint density at radius 1 is 1.25 bits per heavy atom. The minimum Gasteiger partial charge on any atom is -0.369 e. The number of nitrogens with zero attached hydrogens (tertiary/aromatic N) is 3. The summed E-state index contributed by atoms with van der Waals surface area (Å²) >= 11 is 3.25. The summed E-state index contributed by atoms with van der Waals surface area (Å²) in [5, 5.41) is 0. The molecule has 1 aromatic rings. The number of carbonyl (C=O) groups is 2.